The summed E-state index contributed by atoms with van der Waals surface area (Å²) < 4.78 is 26.0. The molecule has 0 amide bonds. The van der Waals surface area contributed by atoms with E-state index in [1.165, 1.54) is 0 Å². The van der Waals surface area contributed by atoms with Crippen LogP contribution in [0.4, 0.5) is 0 Å². The molecule has 0 radical (unpaired) electrons. The van der Waals surface area contributed by atoms with Gasteiger partial charge in [0.15, 0.2) is 0 Å². The third-order valence-corrected chi connectivity index (χ3v) is 5.10. The summed E-state index contributed by atoms with van der Waals surface area (Å²) in [7, 11) is 0. The van der Waals surface area contributed by atoms with Crippen LogP contribution in [0.5, 0.6) is 17.2 Å². The van der Waals surface area contributed by atoms with Gasteiger partial charge in [-0.2, -0.15) is 0 Å². The first kappa shape index (κ1) is 26.3. The average molecular weight is 493 g/mol. The first-order chi connectivity index (χ1) is 17.5. The average Bonchev–Trinajstić information content (AvgIpc) is 2.90. The molecule has 0 N–H and O–H groups in total. The highest BCUT2D eigenvalue weighted by atomic mass is 16.6. The summed E-state index contributed by atoms with van der Waals surface area (Å²) in [5.74, 6) is 0.508. The van der Waals surface area contributed by atoms with Crippen molar-refractivity contribution in [3.05, 3.63) is 84.5 Å². The number of benzene rings is 2. The number of carbonyl (C=O) groups excluding carboxylic acids is 3. The predicted octanol–water partition coefficient (Wildman–Crippen LogP) is 4.30. The molecule has 2 aromatic rings. The molecule has 8 heteroatoms. The fraction of sp³-hybridized carbons (Fsp3) is 0.250. The third-order valence-electron chi connectivity index (χ3n) is 5.10. The molecular weight excluding hydrogens is 464 g/mol. The SMILES string of the molecule is C=C(C)C(=O)OCCOc1ccc(C2=CCC(C(=O)Oc3ccc(OCCOC=O)cc3)C=C2)cc1. The lowest BCUT2D eigenvalue weighted by molar-refractivity contribution is -0.139. The van der Waals surface area contributed by atoms with E-state index in [0.29, 0.717) is 35.7 Å². The van der Waals surface area contributed by atoms with E-state index in [1.54, 1.807) is 31.2 Å². The van der Waals surface area contributed by atoms with Crippen LogP contribution in [0.2, 0.25) is 0 Å². The van der Waals surface area contributed by atoms with E-state index in [2.05, 4.69) is 11.3 Å². The van der Waals surface area contributed by atoms with Crippen molar-refractivity contribution >= 4 is 24.0 Å². The van der Waals surface area contributed by atoms with Crippen LogP contribution in [0.3, 0.4) is 0 Å². The maximum atomic E-state index is 12.6. The lowest BCUT2D eigenvalue weighted by atomic mass is 9.93. The minimum absolute atomic E-state index is 0.147. The normalized spacial score (nSPS) is 14.2. The van der Waals surface area contributed by atoms with E-state index in [9.17, 15) is 14.4 Å². The van der Waals surface area contributed by atoms with Gasteiger partial charge in [-0.1, -0.05) is 36.9 Å². The largest absolute Gasteiger partial charge is 0.490 e. The Balaban J connectivity index is 1.43. The number of hydrogen-bond donors (Lipinski definition) is 0. The van der Waals surface area contributed by atoms with Gasteiger partial charge in [0.2, 0.25) is 0 Å². The molecule has 188 valence electrons. The van der Waals surface area contributed by atoms with E-state index < -0.39 is 5.97 Å². The smallest absolute Gasteiger partial charge is 0.333 e. The molecule has 0 saturated carbocycles. The van der Waals surface area contributed by atoms with Gasteiger partial charge in [-0.3, -0.25) is 9.59 Å². The molecule has 0 aromatic heterocycles. The van der Waals surface area contributed by atoms with Gasteiger partial charge in [0, 0.05) is 5.57 Å². The van der Waals surface area contributed by atoms with E-state index >= 15 is 0 Å². The number of rotatable bonds is 13. The third kappa shape index (κ3) is 8.16. The highest BCUT2D eigenvalue weighted by molar-refractivity contribution is 5.87. The van der Waals surface area contributed by atoms with E-state index in [4.69, 9.17) is 18.9 Å². The number of ether oxygens (including phenoxy) is 5. The van der Waals surface area contributed by atoms with Gasteiger partial charge in [-0.25, -0.2) is 4.79 Å². The first-order valence-electron chi connectivity index (χ1n) is 11.4. The second kappa shape index (κ2) is 13.5. The lowest BCUT2D eigenvalue weighted by Gasteiger charge is -2.16. The Labute approximate surface area is 209 Å². The summed E-state index contributed by atoms with van der Waals surface area (Å²) in [6.45, 7) is 6.28. The van der Waals surface area contributed by atoms with Crippen molar-refractivity contribution in [1.82, 2.24) is 0 Å². The molecule has 3 rings (SSSR count). The van der Waals surface area contributed by atoms with Crippen LogP contribution >= 0.6 is 0 Å². The summed E-state index contributed by atoms with van der Waals surface area (Å²) in [6, 6.07) is 14.2. The topological polar surface area (TPSA) is 97.4 Å². The molecular formula is C28H28O8. The second-order valence-corrected chi connectivity index (χ2v) is 7.86. The standard InChI is InChI=1S/C28H28O8/c1-20(2)27(30)35-18-17-34-24-9-7-22(8-10-24)21-3-5-23(6-4-21)28(31)36-26-13-11-25(12-14-26)33-16-15-32-19-29/h3-5,7-14,19,23H,1,6,15-18H2,2H3. The van der Waals surface area contributed by atoms with Crippen molar-refractivity contribution in [1.29, 1.82) is 0 Å². The van der Waals surface area contributed by atoms with Crippen LogP contribution in [0.1, 0.15) is 18.9 Å². The molecule has 1 aliphatic rings. The number of esters is 2. The number of hydrogen-bond acceptors (Lipinski definition) is 8. The Bertz CT molecular complexity index is 1110. The summed E-state index contributed by atoms with van der Waals surface area (Å²) in [6.07, 6.45) is 6.26. The van der Waals surface area contributed by atoms with E-state index in [1.807, 2.05) is 42.5 Å². The monoisotopic (exact) mass is 492 g/mol. The highest BCUT2D eigenvalue weighted by Gasteiger charge is 2.20. The Hall–Kier alpha value is -4.33. The van der Waals surface area contributed by atoms with Crippen LogP contribution in [0.15, 0.2) is 78.9 Å². The van der Waals surface area contributed by atoms with Crippen molar-refractivity contribution in [3.63, 3.8) is 0 Å². The molecule has 8 nitrogen and oxygen atoms in total. The molecule has 36 heavy (non-hydrogen) atoms. The summed E-state index contributed by atoms with van der Waals surface area (Å²) in [4.78, 5) is 34.0. The Kier molecular flexibility index (Phi) is 9.88. The van der Waals surface area contributed by atoms with E-state index in [-0.39, 0.29) is 38.3 Å². The van der Waals surface area contributed by atoms with Crippen LogP contribution < -0.4 is 14.2 Å². The van der Waals surface area contributed by atoms with Gasteiger partial charge < -0.3 is 23.7 Å². The number of allylic oxidation sites excluding steroid dienone is 3. The first-order valence-corrected chi connectivity index (χ1v) is 11.4. The molecule has 1 aliphatic carbocycles. The summed E-state index contributed by atoms with van der Waals surface area (Å²) in [5, 5.41) is 0. The van der Waals surface area contributed by atoms with Crippen molar-refractivity contribution in [2.45, 2.75) is 13.3 Å². The van der Waals surface area contributed by atoms with Gasteiger partial charge in [0.05, 0.1) is 5.92 Å². The fourth-order valence-corrected chi connectivity index (χ4v) is 3.22. The van der Waals surface area contributed by atoms with Crippen LogP contribution in [0.25, 0.3) is 5.57 Å². The molecule has 1 atom stereocenters. The molecule has 2 aromatic carbocycles. The Morgan fingerprint density at radius 2 is 1.53 bits per heavy atom. The maximum Gasteiger partial charge on any atom is 0.333 e. The molecule has 0 heterocycles. The van der Waals surface area contributed by atoms with Gasteiger partial charge in [0.1, 0.15) is 43.7 Å². The number of carbonyl (C=O) groups is 3. The Morgan fingerprint density at radius 1 is 0.917 bits per heavy atom. The minimum Gasteiger partial charge on any atom is -0.490 e. The summed E-state index contributed by atoms with van der Waals surface area (Å²) >= 11 is 0. The van der Waals surface area contributed by atoms with Crippen LogP contribution in [-0.2, 0) is 23.9 Å². The summed E-state index contributed by atoms with van der Waals surface area (Å²) in [5.41, 5.74) is 2.35. The van der Waals surface area contributed by atoms with Crippen molar-refractivity contribution in [2.24, 2.45) is 5.92 Å². The van der Waals surface area contributed by atoms with Crippen molar-refractivity contribution < 1.29 is 38.1 Å². The van der Waals surface area contributed by atoms with Crippen molar-refractivity contribution in [2.75, 3.05) is 26.4 Å². The maximum absolute atomic E-state index is 12.6. The zero-order chi connectivity index (χ0) is 25.8. The lowest BCUT2D eigenvalue weighted by Crippen LogP contribution is -2.19. The minimum atomic E-state index is -0.436. The Morgan fingerprint density at radius 3 is 2.11 bits per heavy atom. The quantitative estimate of drug-likeness (QED) is 0.134. The van der Waals surface area contributed by atoms with Crippen LogP contribution in [-0.4, -0.2) is 44.8 Å². The molecule has 0 saturated heterocycles. The second-order valence-electron chi connectivity index (χ2n) is 7.86. The van der Waals surface area contributed by atoms with Gasteiger partial charge in [-0.15, -0.1) is 0 Å². The zero-order valence-electron chi connectivity index (χ0n) is 20.0. The molecule has 0 fully saturated rings. The predicted molar refractivity (Wildman–Crippen MR) is 133 cm³/mol. The molecule has 0 spiro atoms. The zero-order valence-corrected chi connectivity index (χ0v) is 20.0. The molecule has 0 bridgehead atoms. The van der Waals surface area contributed by atoms with Crippen molar-refractivity contribution in [3.8, 4) is 17.2 Å². The molecule has 0 aliphatic heterocycles. The fourth-order valence-electron chi connectivity index (χ4n) is 3.22. The van der Waals surface area contributed by atoms with Crippen LogP contribution in [0, 0.1) is 5.92 Å². The highest BCUT2D eigenvalue weighted by Crippen LogP contribution is 2.27. The van der Waals surface area contributed by atoms with Gasteiger partial charge >= 0.3 is 11.9 Å². The van der Waals surface area contributed by atoms with Gasteiger partial charge in [-0.05, 0) is 60.9 Å². The van der Waals surface area contributed by atoms with Gasteiger partial charge in [0.25, 0.3) is 6.47 Å². The molecule has 1 unspecified atom stereocenters. The van der Waals surface area contributed by atoms with E-state index in [0.717, 1.165) is 11.1 Å².